The van der Waals surface area contributed by atoms with Crippen molar-refractivity contribution in [2.45, 2.75) is 25.2 Å². The first-order valence-corrected chi connectivity index (χ1v) is 7.96. The summed E-state index contributed by atoms with van der Waals surface area (Å²) in [6, 6.07) is 20.4. The molecule has 1 aliphatic rings. The lowest BCUT2D eigenvalue weighted by Crippen LogP contribution is -2.42. The van der Waals surface area contributed by atoms with Gasteiger partial charge >= 0.3 is 0 Å². The molecule has 1 aromatic heterocycles. The van der Waals surface area contributed by atoms with Crippen LogP contribution >= 0.6 is 0 Å². The summed E-state index contributed by atoms with van der Waals surface area (Å²) < 4.78 is 5.86. The predicted octanol–water partition coefficient (Wildman–Crippen LogP) is 4.98. The fraction of sp³-hybridized carbons (Fsp3) is 0.250. The SMILES string of the molecule is CC1(c2ccccc2)CC(/C(=N/O)c2cc3ccccc3o2)C1. The Balaban J connectivity index is 1.58. The Morgan fingerprint density at radius 2 is 1.78 bits per heavy atom. The summed E-state index contributed by atoms with van der Waals surface area (Å²) in [6.45, 7) is 2.27. The lowest BCUT2D eigenvalue weighted by atomic mass is 9.58. The van der Waals surface area contributed by atoms with Crippen LogP contribution in [0, 0.1) is 5.92 Å². The van der Waals surface area contributed by atoms with Crippen LogP contribution in [-0.4, -0.2) is 10.9 Å². The number of fused-ring (bicyclic) bond motifs is 1. The largest absolute Gasteiger partial charge is 0.455 e. The number of furan rings is 1. The van der Waals surface area contributed by atoms with E-state index in [2.05, 4.69) is 36.3 Å². The minimum atomic E-state index is 0.147. The van der Waals surface area contributed by atoms with Gasteiger partial charge in [-0.25, -0.2) is 0 Å². The van der Waals surface area contributed by atoms with E-state index in [4.69, 9.17) is 4.42 Å². The van der Waals surface area contributed by atoms with Crippen molar-refractivity contribution in [3.05, 3.63) is 72.0 Å². The van der Waals surface area contributed by atoms with E-state index in [0.29, 0.717) is 11.5 Å². The zero-order valence-electron chi connectivity index (χ0n) is 13.1. The molecule has 0 aliphatic heterocycles. The zero-order valence-corrected chi connectivity index (χ0v) is 13.1. The van der Waals surface area contributed by atoms with Crippen LogP contribution in [0.15, 0.2) is 70.2 Å². The van der Waals surface area contributed by atoms with Crippen molar-refractivity contribution in [2.24, 2.45) is 11.1 Å². The highest BCUT2D eigenvalue weighted by Crippen LogP contribution is 2.49. The molecule has 0 spiro atoms. The molecule has 2 aromatic carbocycles. The van der Waals surface area contributed by atoms with Crippen LogP contribution < -0.4 is 0 Å². The molecular formula is C20H19NO2. The van der Waals surface area contributed by atoms with Gasteiger partial charge in [-0.3, -0.25) is 0 Å². The normalized spacial score (nSPS) is 24.6. The maximum atomic E-state index is 9.51. The Labute approximate surface area is 135 Å². The Morgan fingerprint density at radius 1 is 1.09 bits per heavy atom. The highest BCUT2D eigenvalue weighted by Gasteiger charge is 2.45. The molecule has 1 fully saturated rings. The second-order valence-corrected chi connectivity index (χ2v) is 6.67. The zero-order chi connectivity index (χ0) is 15.9. The number of hydrogen-bond acceptors (Lipinski definition) is 3. The monoisotopic (exact) mass is 305 g/mol. The highest BCUT2D eigenvalue weighted by molar-refractivity contribution is 6.03. The second-order valence-electron chi connectivity index (χ2n) is 6.67. The van der Waals surface area contributed by atoms with Gasteiger partial charge in [0.15, 0.2) is 5.76 Å². The maximum Gasteiger partial charge on any atom is 0.153 e. The van der Waals surface area contributed by atoms with E-state index in [1.807, 2.05) is 36.4 Å². The fourth-order valence-corrected chi connectivity index (χ4v) is 3.74. The van der Waals surface area contributed by atoms with E-state index < -0.39 is 0 Å². The molecule has 3 heteroatoms. The first-order chi connectivity index (χ1) is 11.2. The summed E-state index contributed by atoms with van der Waals surface area (Å²) in [4.78, 5) is 0. The summed E-state index contributed by atoms with van der Waals surface area (Å²) in [5.41, 5.74) is 2.98. The molecule has 1 N–H and O–H groups in total. The summed E-state index contributed by atoms with van der Waals surface area (Å²) in [6.07, 6.45) is 1.93. The maximum absolute atomic E-state index is 9.51. The van der Waals surface area contributed by atoms with E-state index in [9.17, 15) is 5.21 Å². The van der Waals surface area contributed by atoms with Gasteiger partial charge in [0.2, 0.25) is 0 Å². The van der Waals surface area contributed by atoms with Crippen molar-refractivity contribution >= 4 is 16.7 Å². The van der Waals surface area contributed by atoms with Crippen molar-refractivity contribution in [3.63, 3.8) is 0 Å². The smallest absolute Gasteiger partial charge is 0.153 e. The summed E-state index contributed by atoms with van der Waals surface area (Å²) in [7, 11) is 0. The van der Waals surface area contributed by atoms with Crippen molar-refractivity contribution in [1.29, 1.82) is 0 Å². The Morgan fingerprint density at radius 3 is 2.48 bits per heavy atom. The van der Waals surface area contributed by atoms with E-state index in [1.165, 1.54) is 5.56 Å². The van der Waals surface area contributed by atoms with Crippen molar-refractivity contribution in [3.8, 4) is 0 Å². The third-order valence-corrected chi connectivity index (χ3v) is 5.04. The fourth-order valence-electron chi connectivity index (χ4n) is 3.74. The lowest BCUT2D eigenvalue weighted by Gasteiger charge is -2.45. The number of hydrogen-bond donors (Lipinski definition) is 1. The van der Waals surface area contributed by atoms with Gasteiger partial charge in [-0.1, -0.05) is 60.6 Å². The summed E-state index contributed by atoms with van der Waals surface area (Å²) in [5, 5.41) is 14.1. The quantitative estimate of drug-likeness (QED) is 0.421. The molecule has 3 aromatic rings. The molecule has 0 saturated heterocycles. The standard InChI is InChI=1S/C20H19NO2/c1-20(16-8-3-2-4-9-16)12-15(13-20)19(21-22)18-11-14-7-5-6-10-17(14)23-18/h2-11,15,22H,12-13H2,1H3/b21-19-. The van der Waals surface area contributed by atoms with E-state index in [-0.39, 0.29) is 11.3 Å². The number of nitrogens with zero attached hydrogens (tertiary/aromatic N) is 1. The number of rotatable bonds is 3. The van der Waals surface area contributed by atoms with Gasteiger partial charge in [-0.2, -0.15) is 0 Å². The topological polar surface area (TPSA) is 45.7 Å². The molecule has 0 unspecified atom stereocenters. The van der Waals surface area contributed by atoms with Gasteiger partial charge in [0.25, 0.3) is 0 Å². The van der Waals surface area contributed by atoms with Crippen LogP contribution in [-0.2, 0) is 5.41 Å². The molecule has 1 aliphatic carbocycles. The van der Waals surface area contributed by atoms with Gasteiger partial charge in [0, 0.05) is 11.3 Å². The first kappa shape index (κ1) is 14.1. The van der Waals surface area contributed by atoms with Crippen molar-refractivity contribution in [1.82, 2.24) is 0 Å². The van der Waals surface area contributed by atoms with Crippen LogP contribution in [0.4, 0.5) is 0 Å². The summed E-state index contributed by atoms with van der Waals surface area (Å²) in [5.74, 6) is 0.902. The molecule has 4 rings (SSSR count). The molecule has 0 amide bonds. The number of benzene rings is 2. The molecule has 23 heavy (non-hydrogen) atoms. The number of oxime groups is 1. The first-order valence-electron chi connectivity index (χ1n) is 7.96. The average Bonchev–Trinajstić information content (AvgIpc) is 2.98. The van der Waals surface area contributed by atoms with Crippen LogP contribution in [0.25, 0.3) is 11.0 Å². The Bertz CT molecular complexity index is 824. The third-order valence-electron chi connectivity index (χ3n) is 5.04. The van der Waals surface area contributed by atoms with Crippen LogP contribution in [0.3, 0.4) is 0 Å². The van der Waals surface area contributed by atoms with Crippen molar-refractivity contribution in [2.75, 3.05) is 0 Å². The molecule has 0 atom stereocenters. The van der Waals surface area contributed by atoms with E-state index in [1.54, 1.807) is 0 Å². The van der Waals surface area contributed by atoms with Gasteiger partial charge in [0.05, 0.1) is 0 Å². The predicted molar refractivity (Wildman–Crippen MR) is 91.1 cm³/mol. The third kappa shape index (κ3) is 2.33. The van der Waals surface area contributed by atoms with E-state index in [0.717, 1.165) is 23.8 Å². The molecule has 0 bridgehead atoms. The molecular weight excluding hydrogens is 286 g/mol. The van der Waals surface area contributed by atoms with E-state index >= 15 is 0 Å². The van der Waals surface area contributed by atoms with Crippen molar-refractivity contribution < 1.29 is 9.62 Å². The lowest BCUT2D eigenvalue weighted by molar-refractivity contribution is 0.209. The van der Waals surface area contributed by atoms with Crippen LogP contribution in [0.2, 0.25) is 0 Å². The minimum absolute atomic E-state index is 0.147. The Kier molecular flexibility index (Phi) is 3.22. The molecule has 1 saturated carbocycles. The summed E-state index contributed by atoms with van der Waals surface area (Å²) >= 11 is 0. The van der Waals surface area contributed by atoms with Gasteiger partial charge in [0.1, 0.15) is 11.3 Å². The highest BCUT2D eigenvalue weighted by atomic mass is 16.4. The van der Waals surface area contributed by atoms with Crippen LogP contribution in [0.1, 0.15) is 31.1 Å². The van der Waals surface area contributed by atoms with Gasteiger partial charge in [-0.05, 0) is 36.0 Å². The molecule has 3 nitrogen and oxygen atoms in total. The Hall–Kier alpha value is -2.55. The molecule has 0 radical (unpaired) electrons. The second kappa shape index (κ2) is 5.27. The van der Waals surface area contributed by atoms with Crippen LogP contribution in [0.5, 0.6) is 0 Å². The average molecular weight is 305 g/mol. The molecule has 116 valence electrons. The number of para-hydroxylation sites is 1. The molecule has 1 heterocycles. The van der Waals surface area contributed by atoms with Gasteiger partial charge < -0.3 is 9.62 Å². The minimum Gasteiger partial charge on any atom is -0.455 e. The van der Waals surface area contributed by atoms with Gasteiger partial charge in [-0.15, -0.1) is 0 Å².